The van der Waals surface area contributed by atoms with Crippen LogP contribution in [0, 0.1) is 26.2 Å². The number of hydrogen-bond acceptors (Lipinski definition) is 14. The molecule has 2 aliphatic heterocycles. The Morgan fingerprint density at radius 3 is 1.76 bits per heavy atom. The third kappa shape index (κ3) is 10.6. The Balaban J connectivity index is 0.938. The van der Waals surface area contributed by atoms with Crippen LogP contribution in [0.25, 0.3) is 22.6 Å². The fraction of sp³-hybridized carbons (Fsp3) is 0.462. The fourth-order valence-electron chi connectivity index (χ4n) is 9.57. The molecule has 370 valence electrons. The third-order valence-electron chi connectivity index (χ3n) is 13.4. The molecule has 18 heteroatoms. The van der Waals surface area contributed by atoms with Crippen LogP contribution in [0.15, 0.2) is 91.3 Å². The van der Waals surface area contributed by atoms with Gasteiger partial charge in [-0.05, 0) is 57.6 Å². The van der Waals surface area contributed by atoms with E-state index in [-0.39, 0.29) is 61.9 Å². The number of aliphatic hydroxyl groups is 1. The van der Waals surface area contributed by atoms with Gasteiger partial charge in [0.15, 0.2) is 24.3 Å². The highest BCUT2D eigenvalue weighted by Crippen LogP contribution is 2.39. The number of benzene rings is 2. The number of oxazole rings is 2. The van der Waals surface area contributed by atoms with Gasteiger partial charge in [-0.2, -0.15) is 0 Å². The molecule has 4 amide bonds. The van der Waals surface area contributed by atoms with Gasteiger partial charge in [-0.1, -0.05) is 86.5 Å². The minimum atomic E-state index is -0.923. The highest BCUT2D eigenvalue weighted by atomic mass is 16.5. The molecule has 6 heterocycles. The molecule has 0 bridgehead atoms. The fourth-order valence-corrected chi connectivity index (χ4v) is 9.57. The van der Waals surface area contributed by atoms with E-state index < -0.39 is 53.6 Å². The molecule has 8 rings (SSSR count). The number of carbonyl (C=O) groups is 4. The van der Waals surface area contributed by atoms with Gasteiger partial charge in [-0.25, -0.2) is 9.97 Å². The van der Waals surface area contributed by atoms with Crippen LogP contribution in [-0.4, -0.2) is 96.2 Å². The van der Waals surface area contributed by atoms with Crippen LogP contribution in [0.3, 0.4) is 0 Å². The number of ether oxygens (including phenoxy) is 1. The maximum Gasteiger partial charge on any atom is 0.243 e. The summed E-state index contributed by atoms with van der Waals surface area (Å²) in [5, 5.41) is 25.3. The minimum absolute atomic E-state index is 0.0255. The van der Waals surface area contributed by atoms with Gasteiger partial charge < -0.3 is 48.2 Å². The zero-order valence-corrected chi connectivity index (χ0v) is 41.1. The van der Waals surface area contributed by atoms with Crippen LogP contribution in [0.4, 0.5) is 0 Å². The molecule has 0 saturated carbocycles. The second-order valence-corrected chi connectivity index (χ2v) is 19.7. The number of aliphatic hydroxyl groups excluding tert-OH is 1. The number of nitrogens with one attached hydrogen (secondary N) is 2. The summed E-state index contributed by atoms with van der Waals surface area (Å²) in [6.45, 7) is 16.9. The van der Waals surface area contributed by atoms with Crippen molar-refractivity contribution in [2.24, 2.45) is 5.41 Å². The van der Waals surface area contributed by atoms with E-state index >= 15 is 0 Å². The lowest BCUT2D eigenvalue weighted by Crippen LogP contribution is -2.49. The second kappa shape index (κ2) is 20.6. The van der Waals surface area contributed by atoms with E-state index in [1.54, 1.807) is 24.0 Å². The highest BCUT2D eigenvalue weighted by Gasteiger charge is 2.47. The molecule has 4 aromatic heterocycles. The number of amides is 4. The van der Waals surface area contributed by atoms with Crippen molar-refractivity contribution in [2.75, 3.05) is 13.1 Å². The van der Waals surface area contributed by atoms with Gasteiger partial charge in [-0.15, -0.1) is 0 Å². The Morgan fingerprint density at radius 1 is 0.743 bits per heavy atom. The molecule has 70 heavy (non-hydrogen) atoms. The normalized spacial score (nSPS) is 20.0. The second-order valence-electron chi connectivity index (χ2n) is 19.7. The van der Waals surface area contributed by atoms with Crippen molar-refractivity contribution in [3.05, 3.63) is 119 Å². The maximum absolute atomic E-state index is 14.6. The average Bonchev–Trinajstić information content (AvgIpc) is 4.20. The minimum Gasteiger partial charge on any atom is -0.443 e. The van der Waals surface area contributed by atoms with E-state index in [9.17, 15) is 24.3 Å². The van der Waals surface area contributed by atoms with Crippen LogP contribution < -0.4 is 10.6 Å². The molecule has 2 aromatic carbocycles. The van der Waals surface area contributed by atoms with Crippen LogP contribution in [0.5, 0.6) is 0 Å². The third-order valence-corrected chi connectivity index (χ3v) is 13.4. The van der Waals surface area contributed by atoms with Gasteiger partial charge in [0.2, 0.25) is 23.6 Å². The van der Waals surface area contributed by atoms with Crippen molar-refractivity contribution in [3.63, 3.8) is 0 Å². The van der Waals surface area contributed by atoms with Crippen molar-refractivity contribution >= 4 is 23.6 Å². The SMILES string of the molecule is CC[C@@H](C(=O)N1C[C@H](OCc2cc([C@H](C(=O)N3C[C@H](O)C[C@H]3C(=O)N[C@@H](C)c3ccc(-c4ocnc4C)cc3)C(C)(C)C)on2)C[C@H]1C(=O)N[C@@H](C)c1ccc(-c2ocnc2C)cc1)c1cc(C)no1. The van der Waals surface area contributed by atoms with Gasteiger partial charge in [0.25, 0.3) is 0 Å². The van der Waals surface area contributed by atoms with Gasteiger partial charge >= 0.3 is 0 Å². The molecule has 2 fully saturated rings. The molecule has 6 aromatic rings. The summed E-state index contributed by atoms with van der Waals surface area (Å²) < 4.78 is 28.9. The molecule has 0 unspecified atom stereocenters. The summed E-state index contributed by atoms with van der Waals surface area (Å²) >= 11 is 0. The summed E-state index contributed by atoms with van der Waals surface area (Å²) in [6.07, 6.45) is 2.05. The predicted octanol–water partition coefficient (Wildman–Crippen LogP) is 7.42. The number of aryl methyl sites for hydroxylation is 3. The van der Waals surface area contributed by atoms with Crippen molar-refractivity contribution in [1.82, 2.24) is 40.7 Å². The van der Waals surface area contributed by atoms with Crippen molar-refractivity contribution in [1.29, 1.82) is 0 Å². The molecule has 8 atom stereocenters. The number of likely N-dealkylation sites (tertiary alicyclic amines) is 2. The van der Waals surface area contributed by atoms with Gasteiger partial charge in [0.1, 0.15) is 35.2 Å². The van der Waals surface area contributed by atoms with Crippen molar-refractivity contribution in [3.8, 4) is 22.6 Å². The lowest BCUT2D eigenvalue weighted by Gasteiger charge is -2.33. The molecule has 0 aliphatic carbocycles. The van der Waals surface area contributed by atoms with Gasteiger partial charge in [0.05, 0.1) is 53.9 Å². The summed E-state index contributed by atoms with van der Waals surface area (Å²) in [7, 11) is 0. The maximum atomic E-state index is 14.6. The van der Waals surface area contributed by atoms with E-state index in [0.717, 1.165) is 33.6 Å². The van der Waals surface area contributed by atoms with E-state index in [0.29, 0.717) is 35.1 Å². The highest BCUT2D eigenvalue weighted by molar-refractivity contribution is 5.92. The van der Waals surface area contributed by atoms with Crippen LogP contribution in [-0.2, 0) is 30.5 Å². The zero-order chi connectivity index (χ0) is 50.0. The van der Waals surface area contributed by atoms with Crippen LogP contribution >= 0.6 is 0 Å². The summed E-state index contributed by atoms with van der Waals surface area (Å²) in [5.41, 5.74) is 5.33. The quantitative estimate of drug-likeness (QED) is 0.0857. The Morgan fingerprint density at radius 2 is 1.27 bits per heavy atom. The smallest absolute Gasteiger partial charge is 0.243 e. The molecule has 0 spiro atoms. The molecular formula is C52H62N8O10. The van der Waals surface area contributed by atoms with Gasteiger partial charge in [-0.3, -0.25) is 19.2 Å². The van der Waals surface area contributed by atoms with E-state index in [2.05, 4.69) is 30.9 Å². The number of hydrogen-bond donors (Lipinski definition) is 3. The number of rotatable bonds is 16. The van der Waals surface area contributed by atoms with Crippen molar-refractivity contribution in [2.45, 2.75) is 136 Å². The summed E-state index contributed by atoms with van der Waals surface area (Å²) in [4.78, 5) is 68.4. The number of aromatic nitrogens is 4. The molecule has 2 saturated heterocycles. The largest absolute Gasteiger partial charge is 0.443 e. The average molecular weight is 959 g/mol. The summed E-state index contributed by atoms with van der Waals surface area (Å²) in [5.74, 6) is -0.861. The van der Waals surface area contributed by atoms with Gasteiger partial charge in [0, 0.05) is 49.2 Å². The van der Waals surface area contributed by atoms with Crippen LogP contribution in [0.1, 0.15) is 130 Å². The number of nitrogens with zero attached hydrogens (tertiary/aromatic N) is 6. The first-order valence-electron chi connectivity index (χ1n) is 23.8. The standard InChI is InChI=1S/C52H62N8O10/c1-10-40(43-19-28(2)57-69-43)50(64)60-24-39(22-42(60)49(63)56-30(4)34-13-17-36(18-14-34)47-32(6)54-27-68-47)66-25-37-20-44(70-58-37)45(52(7,8)9)51(65)59-23-38(61)21-41(59)48(62)55-29(3)33-11-15-35(16-12-33)46-31(5)53-26-67-46/h11-20,26-27,29-30,38-42,45,61H,10,21-25H2,1-9H3,(H,55,62)(H,56,63)/t29-,30-,38+,39+,40+,41-,42-,45+/m0/s1. The first-order chi connectivity index (χ1) is 33.4. The molecule has 18 nitrogen and oxygen atoms in total. The van der Waals surface area contributed by atoms with E-state index in [4.69, 9.17) is 22.6 Å². The topological polar surface area (TPSA) is 232 Å². The number of carbonyl (C=O) groups excluding carboxylic acids is 4. The predicted molar refractivity (Wildman–Crippen MR) is 254 cm³/mol. The Hall–Kier alpha value is -6.92. The lowest BCUT2D eigenvalue weighted by molar-refractivity contribution is -0.142. The van der Waals surface area contributed by atoms with Crippen molar-refractivity contribution < 1.29 is 46.9 Å². The Kier molecular flexibility index (Phi) is 14.6. The lowest BCUT2D eigenvalue weighted by atomic mass is 9.78. The first-order valence-corrected chi connectivity index (χ1v) is 23.8. The first kappa shape index (κ1) is 49.5. The van der Waals surface area contributed by atoms with E-state index in [1.165, 1.54) is 17.7 Å². The Labute approximate surface area is 406 Å². The zero-order valence-electron chi connectivity index (χ0n) is 41.1. The monoisotopic (exact) mass is 958 g/mol. The molecule has 2 aliphatic rings. The van der Waals surface area contributed by atoms with E-state index in [1.807, 2.05) is 104 Å². The summed E-state index contributed by atoms with van der Waals surface area (Å²) in [6, 6.07) is 16.1. The molecule has 0 radical (unpaired) electrons. The van der Waals surface area contributed by atoms with Crippen LogP contribution in [0.2, 0.25) is 0 Å². The molecule has 3 N–H and O–H groups in total. The Bertz CT molecular complexity index is 2790. The number of β-amino-alcohol motifs (C(OH)–C–C–N with tert-alkyl or cyclic N) is 1. The molecular weight excluding hydrogens is 897 g/mol.